The summed E-state index contributed by atoms with van der Waals surface area (Å²) in [6.07, 6.45) is 0. The van der Waals surface area contributed by atoms with Crippen LogP contribution in [-0.2, 0) is 9.53 Å². The lowest BCUT2D eigenvalue weighted by molar-refractivity contribution is -0.144. The van der Waals surface area contributed by atoms with Gasteiger partial charge < -0.3 is 10.1 Å². The van der Waals surface area contributed by atoms with Crippen LogP contribution in [0.1, 0.15) is 6.92 Å². The van der Waals surface area contributed by atoms with Crippen LogP contribution in [0.2, 0.25) is 10.0 Å². The van der Waals surface area contributed by atoms with Crippen molar-refractivity contribution in [2.45, 2.75) is 6.92 Å². The van der Waals surface area contributed by atoms with Crippen LogP contribution in [-0.4, -0.2) is 19.6 Å². The number of carbonyl (C=O) groups excluding carboxylic acids is 1. The molecule has 1 aromatic rings. The zero-order valence-electron chi connectivity index (χ0n) is 9.09. The summed E-state index contributed by atoms with van der Waals surface area (Å²) in [6, 6.07) is 5.15. The third-order valence-corrected chi connectivity index (χ3v) is 2.68. The van der Waals surface area contributed by atoms with Crippen LogP contribution >= 0.6 is 23.2 Å². The molecule has 0 fully saturated rings. The number of benzene rings is 1. The number of hydrogen-bond donors (Lipinski definition) is 1. The molecule has 5 heteroatoms. The minimum atomic E-state index is -0.252. The summed E-state index contributed by atoms with van der Waals surface area (Å²) in [6.45, 7) is 2.25. The Morgan fingerprint density at radius 3 is 2.75 bits per heavy atom. The Morgan fingerprint density at radius 2 is 2.19 bits per heavy atom. The first-order chi connectivity index (χ1) is 7.54. The van der Waals surface area contributed by atoms with Gasteiger partial charge in [0.1, 0.15) is 0 Å². The lowest BCUT2D eigenvalue weighted by atomic mass is 10.2. The number of carbonyl (C=O) groups is 1. The molecule has 1 rings (SSSR count). The molecular formula is C11H13Cl2NO2. The third kappa shape index (κ3) is 3.58. The van der Waals surface area contributed by atoms with Crippen molar-refractivity contribution in [3.05, 3.63) is 28.2 Å². The summed E-state index contributed by atoms with van der Waals surface area (Å²) in [4.78, 5) is 11.2. The Bertz CT molecular complexity index is 382. The summed E-state index contributed by atoms with van der Waals surface area (Å²) in [7, 11) is 1.37. The van der Waals surface area contributed by atoms with Crippen molar-refractivity contribution in [2.24, 2.45) is 5.92 Å². The Kier molecular flexibility index (Phi) is 4.90. The second-order valence-corrected chi connectivity index (χ2v) is 4.27. The number of anilines is 1. The van der Waals surface area contributed by atoms with Crippen molar-refractivity contribution in [3.63, 3.8) is 0 Å². The van der Waals surface area contributed by atoms with Crippen molar-refractivity contribution >= 4 is 34.9 Å². The molecule has 0 saturated heterocycles. The first-order valence-corrected chi connectivity index (χ1v) is 5.57. The van der Waals surface area contributed by atoms with Gasteiger partial charge in [0.2, 0.25) is 0 Å². The van der Waals surface area contributed by atoms with E-state index in [1.165, 1.54) is 7.11 Å². The molecule has 16 heavy (non-hydrogen) atoms. The molecule has 0 aliphatic carbocycles. The van der Waals surface area contributed by atoms with Crippen LogP contribution in [0.15, 0.2) is 18.2 Å². The first-order valence-electron chi connectivity index (χ1n) is 4.81. The maximum Gasteiger partial charge on any atom is 0.310 e. The van der Waals surface area contributed by atoms with Gasteiger partial charge in [-0.1, -0.05) is 30.1 Å². The van der Waals surface area contributed by atoms with Crippen LogP contribution < -0.4 is 5.32 Å². The minimum Gasteiger partial charge on any atom is -0.469 e. The number of hydrogen-bond acceptors (Lipinski definition) is 3. The summed E-state index contributed by atoms with van der Waals surface area (Å²) in [5.74, 6) is -0.477. The van der Waals surface area contributed by atoms with Gasteiger partial charge >= 0.3 is 5.97 Å². The second kappa shape index (κ2) is 5.97. The van der Waals surface area contributed by atoms with Crippen molar-refractivity contribution in [3.8, 4) is 0 Å². The maximum atomic E-state index is 11.2. The fourth-order valence-electron chi connectivity index (χ4n) is 1.18. The number of esters is 1. The van der Waals surface area contributed by atoms with E-state index in [9.17, 15) is 4.79 Å². The largest absolute Gasteiger partial charge is 0.469 e. The summed E-state index contributed by atoms with van der Waals surface area (Å²) in [5.41, 5.74) is 0.752. The quantitative estimate of drug-likeness (QED) is 0.846. The van der Waals surface area contributed by atoms with E-state index in [-0.39, 0.29) is 11.9 Å². The molecule has 0 aromatic heterocycles. The van der Waals surface area contributed by atoms with E-state index in [1.54, 1.807) is 25.1 Å². The van der Waals surface area contributed by atoms with Crippen LogP contribution in [0, 0.1) is 5.92 Å². The van der Waals surface area contributed by atoms with Gasteiger partial charge in [-0.3, -0.25) is 4.79 Å². The Morgan fingerprint density at radius 1 is 1.50 bits per heavy atom. The van der Waals surface area contributed by atoms with Gasteiger partial charge in [-0.25, -0.2) is 0 Å². The minimum absolute atomic E-state index is 0.225. The van der Waals surface area contributed by atoms with Gasteiger partial charge in [-0.05, 0) is 18.2 Å². The van der Waals surface area contributed by atoms with E-state index < -0.39 is 0 Å². The molecule has 1 unspecified atom stereocenters. The standard InChI is InChI=1S/C11H13Cl2NO2/c1-7(11(15)16-2)6-14-10-4-3-8(12)5-9(10)13/h3-5,7,14H,6H2,1-2H3. The summed E-state index contributed by atoms with van der Waals surface area (Å²) >= 11 is 11.7. The van der Waals surface area contributed by atoms with Gasteiger partial charge in [0.25, 0.3) is 0 Å². The molecule has 0 amide bonds. The monoisotopic (exact) mass is 261 g/mol. The van der Waals surface area contributed by atoms with Crippen LogP contribution in [0.25, 0.3) is 0 Å². The van der Waals surface area contributed by atoms with Crippen LogP contribution in [0.5, 0.6) is 0 Å². The fourth-order valence-corrected chi connectivity index (χ4v) is 1.66. The molecule has 0 spiro atoms. The van der Waals surface area contributed by atoms with E-state index >= 15 is 0 Å². The molecular weight excluding hydrogens is 249 g/mol. The van der Waals surface area contributed by atoms with Gasteiger partial charge in [-0.2, -0.15) is 0 Å². The number of halogens is 2. The molecule has 0 aliphatic rings. The highest BCUT2D eigenvalue weighted by Gasteiger charge is 2.13. The summed E-state index contributed by atoms with van der Waals surface area (Å²) < 4.78 is 4.62. The molecule has 0 aliphatic heterocycles. The van der Waals surface area contributed by atoms with Gasteiger partial charge in [0.05, 0.1) is 23.7 Å². The first kappa shape index (κ1) is 13.1. The topological polar surface area (TPSA) is 38.3 Å². The average Bonchev–Trinajstić information content (AvgIpc) is 2.26. The number of nitrogens with one attached hydrogen (secondary N) is 1. The molecule has 0 radical (unpaired) electrons. The lowest BCUT2D eigenvalue weighted by Gasteiger charge is -2.12. The summed E-state index contributed by atoms with van der Waals surface area (Å²) in [5, 5.41) is 4.18. The molecule has 0 bridgehead atoms. The van der Waals surface area contributed by atoms with Crippen molar-refractivity contribution in [1.29, 1.82) is 0 Å². The van der Waals surface area contributed by atoms with E-state index in [1.807, 2.05) is 0 Å². The van der Waals surface area contributed by atoms with E-state index in [2.05, 4.69) is 10.1 Å². The van der Waals surface area contributed by atoms with E-state index in [0.29, 0.717) is 16.6 Å². The predicted molar refractivity (Wildman–Crippen MR) is 66.1 cm³/mol. The fraction of sp³-hybridized carbons (Fsp3) is 0.364. The average molecular weight is 262 g/mol. The van der Waals surface area contributed by atoms with Crippen molar-refractivity contribution < 1.29 is 9.53 Å². The highest BCUT2D eigenvalue weighted by Crippen LogP contribution is 2.25. The highest BCUT2D eigenvalue weighted by molar-refractivity contribution is 6.36. The molecule has 0 saturated carbocycles. The molecule has 3 nitrogen and oxygen atoms in total. The molecule has 1 aromatic carbocycles. The van der Waals surface area contributed by atoms with Gasteiger partial charge in [0, 0.05) is 11.6 Å². The molecule has 1 N–H and O–H groups in total. The maximum absolute atomic E-state index is 11.2. The predicted octanol–water partition coefficient (Wildman–Crippen LogP) is 3.21. The molecule has 0 heterocycles. The lowest BCUT2D eigenvalue weighted by Crippen LogP contribution is -2.21. The smallest absolute Gasteiger partial charge is 0.310 e. The molecule has 1 atom stereocenters. The second-order valence-electron chi connectivity index (χ2n) is 3.43. The third-order valence-electron chi connectivity index (χ3n) is 2.13. The molecule has 88 valence electrons. The van der Waals surface area contributed by atoms with Gasteiger partial charge in [-0.15, -0.1) is 0 Å². The highest BCUT2D eigenvalue weighted by atomic mass is 35.5. The van der Waals surface area contributed by atoms with Crippen LogP contribution in [0.4, 0.5) is 5.69 Å². The Hall–Kier alpha value is -0.930. The van der Waals surface area contributed by atoms with Crippen molar-refractivity contribution in [2.75, 3.05) is 19.0 Å². The Balaban J connectivity index is 2.58. The zero-order chi connectivity index (χ0) is 12.1. The Labute approximate surface area is 105 Å². The van der Waals surface area contributed by atoms with E-state index in [0.717, 1.165) is 5.69 Å². The number of ether oxygens (including phenoxy) is 1. The zero-order valence-corrected chi connectivity index (χ0v) is 10.6. The number of rotatable bonds is 4. The van der Waals surface area contributed by atoms with Crippen molar-refractivity contribution in [1.82, 2.24) is 0 Å². The van der Waals surface area contributed by atoms with E-state index in [4.69, 9.17) is 23.2 Å². The van der Waals surface area contributed by atoms with Crippen LogP contribution in [0.3, 0.4) is 0 Å². The van der Waals surface area contributed by atoms with Gasteiger partial charge in [0.15, 0.2) is 0 Å². The number of methoxy groups -OCH3 is 1. The normalized spacial score (nSPS) is 12.0. The SMILES string of the molecule is COC(=O)C(C)CNc1ccc(Cl)cc1Cl.